The average Bonchev–Trinajstić information content (AvgIpc) is 2.71. The highest BCUT2D eigenvalue weighted by molar-refractivity contribution is 4.89. The number of nitrogens with two attached hydrogens (primary N) is 1. The van der Waals surface area contributed by atoms with Crippen LogP contribution in [0.25, 0.3) is 0 Å². The molecule has 1 heterocycles. The maximum absolute atomic E-state index is 5.53. The number of ether oxygens (including phenoxy) is 2. The normalized spacial score (nSPS) is 13.2. The molecule has 0 aliphatic heterocycles. The zero-order valence-corrected chi connectivity index (χ0v) is 10.6. The molecule has 0 fully saturated rings. The molecule has 7 heteroatoms. The van der Waals surface area contributed by atoms with Crippen molar-refractivity contribution >= 4 is 0 Å². The molecule has 0 aliphatic carbocycles. The molecule has 0 saturated carbocycles. The molecule has 0 amide bonds. The van der Waals surface area contributed by atoms with Gasteiger partial charge in [0.2, 0.25) is 0 Å². The highest BCUT2D eigenvalue weighted by Crippen LogP contribution is 2.07. The Morgan fingerprint density at radius 1 is 1.41 bits per heavy atom. The summed E-state index contributed by atoms with van der Waals surface area (Å²) in [6.07, 6.45) is 1.73. The standard InChI is InChI=1S/C10H21N5O2/c1-4-16-10(17-5-2)8(14-11)6-9-12-7-13-15(9)3/h7-8,10,14H,4-6,11H2,1-3H3. The SMILES string of the molecule is CCOC(OCC)C(Cc1ncnn1C)NN. The summed E-state index contributed by atoms with van der Waals surface area (Å²) in [5.74, 6) is 6.36. The lowest BCUT2D eigenvalue weighted by molar-refractivity contribution is -0.154. The van der Waals surface area contributed by atoms with E-state index in [4.69, 9.17) is 15.3 Å². The van der Waals surface area contributed by atoms with Crippen LogP contribution in [-0.4, -0.2) is 40.3 Å². The van der Waals surface area contributed by atoms with Crippen molar-refractivity contribution in [3.05, 3.63) is 12.2 Å². The van der Waals surface area contributed by atoms with E-state index in [-0.39, 0.29) is 12.3 Å². The third kappa shape index (κ3) is 4.04. The van der Waals surface area contributed by atoms with E-state index in [1.807, 2.05) is 20.9 Å². The summed E-state index contributed by atoms with van der Waals surface area (Å²) < 4.78 is 12.7. The molecule has 0 saturated heterocycles. The van der Waals surface area contributed by atoms with Gasteiger partial charge in [0.25, 0.3) is 0 Å². The van der Waals surface area contributed by atoms with E-state index in [0.717, 1.165) is 5.82 Å². The minimum absolute atomic E-state index is 0.155. The second-order valence-corrected chi connectivity index (χ2v) is 3.56. The van der Waals surface area contributed by atoms with Gasteiger partial charge in [-0.2, -0.15) is 5.10 Å². The Hall–Kier alpha value is -1.02. The predicted molar refractivity (Wildman–Crippen MR) is 62.9 cm³/mol. The first-order valence-corrected chi connectivity index (χ1v) is 5.75. The summed E-state index contributed by atoms with van der Waals surface area (Å²) in [7, 11) is 1.84. The van der Waals surface area contributed by atoms with Crippen LogP contribution in [0.5, 0.6) is 0 Å². The van der Waals surface area contributed by atoms with Crippen LogP contribution < -0.4 is 11.3 Å². The Morgan fingerprint density at radius 3 is 2.47 bits per heavy atom. The van der Waals surface area contributed by atoms with Gasteiger partial charge in [-0.15, -0.1) is 0 Å². The molecule has 0 aliphatic rings. The smallest absolute Gasteiger partial charge is 0.174 e. The quantitative estimate of drug-likeness (QED) is 0.366. The number of hydrazine groups is 1. The molecule has 7 nitrogen and oxygen atoms in total. The van der Waals surface area contributed by atoms with Crippen molar-refractivity contribution in [1.29, 1.82) is 0 Å². The van der Waals surface area contributed by atoms with Gasteiger partial charge in [-0.1, -0.05) is 0 Å². The molecule has 17 heavy (non-hydrogen) atoms. The predicted octanol–water partition coefficient (Wildman–Crippen LogP) is -0.411. The van der Waals surface area contributed by atoms with Crippen LogP contribution >= 0.6 is 0 Å². The van der Waals surface area contributed by atoms with E-state index >= 15 is 0 Å². The molecule has 98 valence electrons. The van der Waals surface area contributed by atoms with E-state index in [1.54, 1.807) is 4.68 Å². The van der Waals surface area contributed by atoms with Crippen LogP contribution in [0.1, 0.15) is 19.7 Å². The molecular formula is C10H21N5O2. The lowest BCUT2D eigenvalue weighted by Crippen LogP contribution is -2.48. The Balaban J connectivity index is 2.64. The molecule has 1 atom stereocenters. The van der Waals surface area contributed by atoms with Crippen molar-refractivity contribution in [2.75, 3.05) is 13.2 Å². The fraction of sp³-hybridized carbons (Fsp3) is 0.800. The Bertz CT molecular complexity index is 311. The zero-order valence-electron chi connectivity index (χ0n) is 10.6. The maximum Gasteiger partial charge on any atom is 0.174 e. The van der Waals surface area contributed by atoms with Crippen molar-refractivity contribution in [1.82, 2.24) is 20.2 Å². The van der Waals surface area contributed by atoms with Gasteiger partial charge < -0.3 is 9.47 Å². The fourth-order valence-corrected chi connectivity index (χ4v) is 1.54. The molecule has 1 rings (SSSR count). The number of aryl methyl sites for hydroxylation is 1. The largest absolute Gasteiger partial charge is 0.351 e. The minimum atomic E-state index is -0.383. The van der Waals surface area contributed by atoms with Crippen LogP contribution in [-0.2, 0) is 22.9 Å². The maximum atomic E-state index is 5.53. The number of nitrogens with one attached hydrogen (secondary N) is 1. The average molecular weight is 243 g/mol. The lowest BCUT2D eigenvalue weighted by Gasteiger charge is -2.25. The summed E-state index contributed by atoms with van der Waals surface area (Å²) in [4.78, 5) is 4.15. The molecule has 3 N–H and O–H groups in total. The van der Waals surface area contributed by atoms with E-state index in [2.05, 4.69) is 15.5 Å². The van der Waals surface area contributed by atoms with E-state index in [1.165, 1.54) is 6.33 Å². The van der Waals surface area contributed by atoms with Crippen molar-refractivity contribution in [2.24, 2.45) is 12.9 Å². The first-order chi connectivity index (χ1) is 8.22. The summed E-state index contributed by atoms with van der Waals surface area (Å²) >= 11 is 0. The van der Waals surface area contributed by atoms with Crippen LogP contribution in [0.2, 0.25) is 0 Å². The van der Waals surface area contributed by atoms with Gasteiger partial charge in [0, 0.05) is 26.7 Å². The first kappa shape index (κ1) is 14.0. The van der Waals surface area contributed by atoms with E-state index in [0.29, 0.717) is 19.6 Å². The molecule has 1 unspecified atom stereocenters. The number of hydrogen-bond acceptors (Lipinski definition) is 6. The Labute approximate surface area is 101 Å². The van der Waals surface area contributed by atoms with E-state index < -0.39 is 0 Å². The monoisotopic (exact) mass is 243 g/mol. The highest BCUT2D eigenvalue weighted by Gasteiger charge is 2.23. The van der Waals surface area contributed by atoms with Crippen LogP contribution in [0.15, 0.2) is 6.33 Å². The lowest BCUT2D eigenvalue weighted by atomic mass is 10.2. The number of hydrogen-bond donors (Lipinski definition) is 2. The first-order valence-electron chi connectivity index (χ1n) is 5.75. The van der Waals surface area contributed by atoms with Gasteiger partial charge >= 0.3 is 0 Å². The molecule has 0 radical (unpaired) electrons. The molecule has 0 spiro atoms. The number of nitrogens with zero attached hydrogens (tertiary/aromatic N) is 3. The molecule has 0 bridgehead atoms. The molecule has 0 aromatic carbocycles. The zero-order chi connectivity index (χ0) is 12.7. The summed E-state index contributed by atoms with van der Waals surface area (Å²) in [5, 5.41) is 4.01. The second kappa shape index (κ2) is 7.33. The minimum Gasteiger partial charge on any atom is -0.351 e. The van der Waals surface area contributed by atoms with Crippen molar-refractivity contribution < 1.29 is 9.47 Å². The van der Waals surface area contributed by atoms with Gasteiger partial charge in [-0.25, -0.2) is 4.98 Å². The summed E-state index contributed by atoms with van der Waals surface area (Å²) in [6, 6.07) is -0.155. The molecule has 1 aromatic rings. The topological polar surface area (TPSA) is 87.2 Å². The van der Waals surface area contributed by atoms with Crippen molar-refractivity contribution in [3.63, 3.8) is 0 Å². The molecule has 1 aromatic heterocycles. The van der Waals surface area contributed by atoms with Crippen molar-refractivity contribution in [2.45, 2.75) is 32.6 Å². The summed E-state index contributed by atoms with van der Waals surface area (Å²) in [5.41, 5.74) is 2.71. The van der Waals surface area contributed by atoms with Gasteiger partial charge in [-0.05, 0) is 13.8 Å². The fourth-order valence-electron chi connectivity index (χ4n) is 1.54. The molecular weight excluding hydrogens is 222 g/mol. The summed E-state index contributed by atoms with van der Waals surface area (Å²) in [6.45, 7) is 4.98. The number of aromatic nitrogens is 3. The van der Waals surface area contributed by atoms with Crippen molar-refractivity contribution in [3.8, 4) is 0 Å². The van der Waals surface area contributed by atoms with Gasteiger partial charge in [0.05, 0.1) is 6.04 Å². The van der Waals surface area contributed by atoms with Gasteiger partial charge in [0.1, 0.15) is 12.2 Å². The van der Waals surface area contributed by atoms with E-state index in [9.17, 15) is 0 Å². The second-order valence-electron chi connectivity index (χ2n) is 3.56. The third-order valence-corrected chi connectivity index (χ3v) is 2.41. The van der Waals surface area contributed by atoms with Crippen LogP contribution in [0.4, 0.5) is 0 Å². The highest BCUT2D eigenvalue weighted by atomic mass is 16.7. The van der Waals surface area contributed by atoms with Crippen LogP contribution in [0.3, 0.4) is 0 Å². The Kier molecular flexibility index (Phi) is 6.06. The van der Waals surface area contributed by atoms with Crippen LogP contribution in [0, 0.1) is 0 Å². The number of rotatable bonds is 8. The third-order valence-electron chi connectivity index (χ3n) is 2.41. The van der Waals surface area contributed by atoms with Gasteiger partial charge in [-0.3, -0.25) is 16.0 Å². The Morgan fingerprint density at radius 2 is 2.06 bits per heavy atom. The van der Waals surface area contributed by atoms with Gasteiger partial charge in [0.15, 0.2) is 6.29 Å².